The fraction of sp³-hybridized carbons (Fsp3) is 0.533. The van der Waals surface area contributed by atoms with Crippen molar-refractivity contribution in [2.75, 3.05) is 7.05 Å². The molecule has 0 bridgehead atoms. The van der Waals surface area contributed by atoms with Crippen molar-refractivity contribution in [3.8, 4) is 0 Å². The molecule has 1 heterocycles. The first-order valence-corrected chi connectivity index (χ1v) is 7.04. The Morgan fingerprint density at radius 3 is 3.00 bits per heavy atom. The van der Waals surface area contributed by atoms with E-state index in [0.29, 0.717) is 12.1 Å². The largest absolute Gasteiger partial charge is 0.342 e. The number of nitrogens with zero attached hydrogens (tertiary/aromatic N) is 2. The van der Waals surface area contributed by atoms with Gasteiger partial charge in [0.05, 0.1) is 11.0 Å². The van der Waals surface area contributed by atoms with Crippen molar-refractivity contribution in [3.05, 3.63) is 29.6 Å². The molecule has 4 heteroatoms. The number of nitrogens with one attached hydrogen (secondary N) is 1. The summed E-state index contributed by atoms with van der Waals surface area (Å²) < 4.78 is 0. The third-order valence-corrected chi connectivity index (χ3v) is 4.19. The highest BCUT2D eigenvalue weighted by atomic mass is 15.1. The quantitative estimate of drug-likeness (QED) is 0.887. The van der Waals surface area contributed by atoms with E-state index in [4.69, 9.17) is 5.73 Å². The fourth-order valence-corrected chi connectivity index (χ4v) is 3.20. The first kappa shape index (κ1) is 12.6. The molecule has 1 aromatic heterocycles. The van der Waals surface area contributed by atoms with Gasteiger partial charge in [-0.2, -0.15) is 0 Å². The van der Waals surface area contributed by atoms with Crippen LogP contribution in [0.5, 0.6) is 0 Å². The fourth-order valence-electron chi connectivity index (χ4n) is 3.20. The summed E-state index contributed by atoms with van der Waals surface area (Å²) in [4.78, 5) is 10.1. The number of rotatable bonds is 3. The molecule has 0 saturated heterocycles. The van der Waals surface area contributed by atoms with Crippen LogP contribution in [0.4, 0.5) is 0 Å². The van der Waals surface area contributed by atoms with E-state index in [1.165, 1.54) is 18.4 Å². The molecule has 0 spiro atoms. The molecule has 4 nitrogen and oxygen atoms in total. The van der Waals surface area contributed by atoms with Gasteiger partial charge >= 0.3 is 0 Å². The average molecular weight is 258 g/mol. The van der Waals surface area contributed by atoms with Crippen LogP contribution in [-0.2, 0) is 6.54 Å². The highest BCUT2D eigenvalue weighted by Crippen LogP contribution is 2.23. The standard InChI is InChI=1S/C15H22N4/c1-10-17-13-7-6-11(8-14(13)18-10)9-19(2)15-5-3-4-12(15)16/h6-8,12,15H,3-5,9,16H2,1-2H3,(H,17,18). The zero-order valence-electron chi connectivity index (χ0n) is 11.7. The smallest absolute Gasteiger partial charge is 0.104 e. The van der Waals surface area contributed by atoms with Crippen molar-refractivity contribution in [1.82, 2.24) is 14.9 Å². The predicted molar refractivity (Wildman–Crippen MR) is 77.9 cm³/mol. The highest BCUT2D eigenvalue weighted by Gasteiger charge is 2.27. The van der Waals surface area contributed by atoms with Crippen LogP contribution in [0.2, 0.25) is 0 Å². The van der Waals surface area contributed by atoms with Crippen molar-refractivity contribution in [3.63, 3.8) is 0 Å². The summed E-state index contributed by atoms with van der Waals surface area (Å²) in [6, 6.07) is 7.32. The van der Waals surface area contributed by atoms with E-state index in [2.05, 4.69) is 40.1 Å². The van der Waals surface area contributed by atoms with Crippen LogP contribution in [0.25, 0.3) is 11.0 Å². The maximum Gasteiger partial charge on any atom is 0.104 e. The SMILES string of the molecule is Cc1nc2ccc(CN(C)C3CCCC3N)cc2[nH]1. The molecule has 1 aliphatic carbocycles. The Labute approximate surface area is 114 Å². The van der Waals surface area contributed by atoms with E-state index < -0.39 is 0 Å². The second-order valence-electron chi connectivity index (χ2n) is 5.75. The summed E-state index contributed by atoms with van der Waals surface area (Å²) in [6.07, 6.45) is 3.64. The molecule has 1 aromatic carbocycles. The number of aryl methyl sites for hydroxylation is 1. The van der Waals surface area contributed by atoms with Crippen LogP contribution in [0.1, 0.15) is 30.7 Å². The lowest BCUT2D eigenvalue weighted by molar-refractivity contribution is 0.220. The number of hydrogen-bond acceptors (Lipinski definition) is 3. The topological polar surface area (TPSA) is 57.9 Å². The third-order valence-electron chi connectivity index (χ3n) is 4.19. The molecule has 0 aliphatic heterocycles. The minimum absolute atomic E-state index is 0.336. The van der Waals surface area contributed by atoms with E-state index in [9.17, 15) is 0 Å². The number of benzene rings is 1. The van der Waals surface area contributed by atoms with Crippen LogP contribution >= 0.6 is 0 Å². The lowest BCUT2D eigenvalue weighted by Gasteiger charge is -2.27. The lowest BCUT2D eigenvalue weighted by atomic mass is 10.1. The number of aromatic nitrogens is 2. The van der Waals surface area contributed by atoms with Crippen LogP contribution in [0.3, 0.4) is 0 Å². The summed E-state index contributed by atoms with van der Waals surface area (Å²) in [5.41, 5.74) is 9.65. The van der Waals surface area contributed by atoms with E-state index >= 15 is 0 Å². The van der Waals surface area contributed by atoms with E-state index in [1.54, 1.807) is 0 Å². The predicted octanol–water partition coefficient (Wildman–Crippen LogP) is 2.18. The molecule has 3 rings (SSSR count). The van der Waals surface area contributed by atoms with Gasteiger partial charge in [-0.3, -0.25) is 4.90 Å². The van der Waals surface area contributed by atoms with Crippen molar-refractivity contribution in [2.45, 2.75) is 44.8 Å². The minimum atomic E-state index is 0.336. The van der Waals surface area contributed by atoms with Gasteiger partial charge in [0.1, 0.15) is 5.82 Å². The summed E-state index contributed by atoms with van der Waals surface area (Å²) in [6.45, 7) is 2.94. The number of H-pyrrole nitrogens is 1. The number of nitrogens with two attached hydrogens (primary N) is 1. The molecule has 2 unspecified atom stereocenters. The Kier molecular flexibility index (Phi) is 3.29. The Balaban J connectivity index is 1.77. The first-order valence-electron chi connectivity index (χ1n) is 7.04. The van der Waals surface area contributed by atoms with Crippen LogP contribution < -0.4 is 5.73 Å². The van der Waals surface area contributed by atoms with Crippen LogP contribution in [0, 0.1) is 6.92 Å². The number of imidazole rings is 1. The second-order valence-corrected chi connectivity index (χ2v) is 5.75. The van der Waals surface area contributed by atoms with Crippen LogP contribution in [0.15, 0.2) is 18.2 Å². The van der Waals surface area contributed by atoms with Crippen molar-refractivity contribution in [2.24, 2.45) is 5.73 Å². The molecule has 1 fully saturated rings. The molecule has 19 heavy (non-hydrogen) atoms. The Bertz CT molecular complexity index is 575. The molecular formula is C15H22N4. The van der Waals surface area contributed by atoms with Crippen molar-refractivity contribution in [1.29, 1.82) is 0 Å². The summed E-state index contributed by atoms with van der Waals surface area (Å²) in [5, 5.41) is 0. The van der Waals surface area contributed by atoms with Gasteiger partial charge < -0.3 is 10.7 Å². The normalized spacial score (nSPS) is 23.6. The van der Waals surface area contributed by atoms with Gasteiger partial charge in [0.15, 0.2) is 0 Å². The van der Waals surface area contributed by atoms with Gasteiger partial charge in [-0.1, -0.05) is 12.5 Å². The van der Waals surface area contributed by atoms with Gasteiger partial charge in [0.25, 0.3) is 0 Å². The summed E-state index contributed by atoms with van der Waals surface area (Å²) in [5.74, 6) is 0.971. The van der Waals surface area contributed by atoms with E-state index in [-0.39, 0.29) is 0 Å². The number of fused-ring (bicyclic) bond motifs is 1. The Hall–Kier alpha value is -1.39. The monoisotopic (exact) mass is 258 g/mol. The van der Waals surface area contributed by atoms with Crippen molar-refractivity contribution < 1.29 is 0 Å². The molecule has 2 atom stereocenters. The Morgan fingerprint density at radius 2 is 2.26 bits per heavy atom. The molecule has 102 valence electrons. The van der Waals surface area contributed by atoms with Crippen molar-refractivity contribution >= 4 is 11.0 Å². The molecule has 2 aromatic rings. The lowest BCUT2D eigenvalue weighted by Crippen LogP contribution is -2.41. The minimum Gasteiger partial charge on any atom is -0.342 e. The summed E-state index contributed by atoms with van der Waals surface area (Å²) >= 11 is 0. The number of aromatic amines is 1. The molecular weight excluding hydrogens is 236 g/mol. The van der Waals surface area contributed by atoms with Gasteiger partial charge in [-0.05, 0) is 44.5 Å². The number of hydrogen-bond donors (Lipinski definition) is 2. The Morgan fingerprint density at radius 1 is 1.42 bits per heavy atom. The van der Waals surface area contributed by atoms with Gasteiger partial charge in [-0.25, -0.2) is 4.98 Å². The summed E-state index contributed by atoms with van der Waals surface area (Å²) in [7, 11) is 2.18. The third kappa shape index (κ3) is 2.51. The first-order chi connectivity index (χ1) is 9.13. The molecule has 0 radical (unpaired) electrons. The zero-order valence-corrected chi connectivity index (χ0v) is 11.7. The maximum atomic E-state index is 6.17. The zero-order chi connectivity index (χ0) is 13.4. The van der Waals surface area contributed by atoms with Gasteiger partial charge in [0, 0.05) is 18.6 Å². The van der Waals surface area contributed by atoms with Crippen LogP contribution in [-0.4, -0.2) is 34.0 Å². The molecule has 1 aliphatic rings. The molecule has 1 saturated carbocycles. The highest BCUT2D eigenvalue weighted by molar-refractivity contribution is 5.75. The van der Waals surface area contributed by atoms with Gasteiger partial charge in [-0.15, -0.1) is 0 Å². The van der Waals surface area contributed by atoms with E-state index in [1.807, 2.05) is 6.92 Å². The molecule has 3 N–H and O–H groups in total. The maximum absolute atomic E-state index is 6.17. The second kappa shape index (κ2) is 4.94. The van der Waals surface area contributed by atoms with Gasteiger partial charge in [0.2, 0.25) is 0 Å². The average Bonchev–Trinajstić information content (AvgIpc) is 2.93. The molecule has 0 amide bonds. The number of likely N-dealkylation sites (N-methyl/N-ethyl adjacent to an activating group) is 1. The van der Waals surface area contributed by atoms with E-state index in [0.717, 1.165) is 29.8 Å².